The molecule has 0 radical (unpaired) electrons. The number of rotatable bonds is 27. The van der Waals surface area contributed by atoms with Crippen LogP contribution in [0.4, 0.5) is 22.0 Å². The van der Waals surface area contributed by atoms with Crippen LogP contribution in [0.15, 0.2) is 97.5 Å². The van der Waals surface area contributed by atoms with E-state index in [1.807, 2.05) is 0 Å². The first-order chi connectivity index (χ1) is 39.0. The fourth-order valence-corrected chi connectivity index (χ4v) is 8.56. The average Bonchev–Trinajstić information content (AvgIpc) is 4.21. The molecule has 2 aromatic heterocycles. The van der Waals surface area contributed by atoms with Gasteiger partial charge in [0.15, 0.2) is 6.61 Å². The summed E-state index contributed by atoms with van der Waals surface area (Å²) in [6.45, 7) is 3.76. The maximum atomic E-state index is 15.5. The number of carbonyl (C=O) groups excluding carboxylic acids is 11. The van der Waals surface area contributed by atoms with Gasteiger partial charge in [-0.15, -0.1) is 0 Å². The molecule has 0 saturated heterocycles. The highest BCUT2D eigenvalue weighted by molar-refractivity contribution is 6.14. The Morgan fingerprint density at radius 3 is 1.96 bits per heavy atom. The molecular weight excluding hydrogens is 1100 g/mol. The number of nitrogens with zero attached hydrogens (tertiary/aromatic N) is 4. The second-order valence-corrected chi connectivity index (χ2v) is 20.2. The van der Waals surface area contributed by atoms with Gasteiger partial charge in [-0.2, -0.15) is 13.2 Å². The number of ether oxygens (including phenoxy) is 1. The highest BCUT2D eigenvalue weighted by Gasteiger charge is 2.43. The molecule has 1 aliphatic heterocycles. The van der Waals surface area contributed by atoms with Crippen LogP contribution >= 0.6 is 0 Å². The van der Waals surface area contributed by atoms with Gasteiger partial charge < -0.3 is 51.8 Å². The van der Waals surface area contributed by atoms with Crippen molar-refractivity contribution in [2.75, 3.05) is 32.8 Å². The number of carbonyl (C=O) groups is 11. The number of primary amides is 1. The van der Waals surface area contributed by atoms with E-state index in [0.29, 0.717) is 16.0 Å². The van der Waals surface area contributed by atoms with Crippen molar-refractivity contribution >= 4 is 65.0 Å². The molecule has 4 aromatic rings. The molecule has 0 spiro atoms. The van der Waals surface area contributed by atoms with Gasteiger partial charge in [0, 0.05) is 73.7 Å². The molecule has 0 saturated carbocycles. The van der Waals surface area contributed by atoms with Crippen LogP contribution in [0, 0.1) is 17.0 Å². The van der Waals surface area contributed by atoms with Gasteiger partial charge in [-0.3, -0.25) is 57.8 Å². The monoisotopic (exact) mass is 1160 g/mol. The van der Waals surface area contributed by atoms with E-state index in [4.69, 9.17) is 5.73 Å². The molecule has 10 amide bonds. The van der Waals surface area contributed by atoms with Gasteiger partial charge in [0.1, 0.15) is 42.3 Å². The number of amides is 10. The molecule has 5 atom stereocenters. The minimum Gasteiger partial charge on any atom is -0.449 e. The molecule has 0 unspecified atom stereocenters. The topological polar surface area (TPSA) is 319 Å². The lowest BCUT2D eigenvalue weighted by molar-refractivity contribution is -0.201. The van der Waals surface area contributed by atoms with Crippen LogP contribution in [0.25, 0.3) is 11.1 Å². The van der Waals surface area contributed by atoms with Gasteiger partial charge in [-0.25, -0.2) is 13.6 Å². The van der Waals surface area contributed by atoms with Crippen LogP contribution in [0.3, 0.4) is 0 Å². The van der Waals surface area contributed by atoms with Crippen LogP contribution in [-0.4, -0.2) is 148 Å². The molecule has 444 valence electrons. The van der Waals surface area contributed by atoms with Crippen LogP contribution in [0.2, 0.25) is 0 Å². The summed E-state index contributed by atoms with van der Waals surface area (Å²) in [5.41, 5.74) is 5.63. The van der Waals surface area contributed by atoms with Crippen LogP contribution < -0.4 is 37.6 Å². The number of pyridine rings is 1. The molecule has 28 heteroatoms. The first kappa shape index (κ1) is 64.5. The van der Waals surface area contributed by atoms with E-state index in [1.54, 1.807) is 67.8 Å². The van der Waals surface area contributed by atoms with Crippen LogP contribution in [-0.2, 0) is 70.4 Å². The largest absolute Gasteiger partial charge is 0.490 e. The summed E-state index contributed by atoms with van der Waals surface area (Å²) >= 11 is 0. The van der Waals surface area contributed by atoms with Crippen molar-refractivity contribution in [2.45, 2.75) is 96.8 Å². The Balaban J connectivity index is 1.48. The number of nitrogens with two attached hydrogens (primary N) is 1. The summed E-state index contributed by atoms with van der Waals surface area (Å²) in [5.74, 6) is -13.9. The lowest BCUT2D eigenvalue weighted by Gasteiger charge is -2.41. The van der Waals surface area contributed by atoms with E-state index < -0.39 is 158 Å². The van der Waals surface area contributed by atoms with Crippen molar-refractivity contribution in [2.24, 2.45) is 11.1 Å². The minimum atomic E-state index is -5.55. The van der Waals surface area contributed by atoms with Crippen molar-refractivity contribution in [1.29, 1.82) is 0 Å². The summed E-state index contributed by atoms with van der Waals surface area (Å²) in [6.07, 6.45) is -0.910. The predicted octanol–water partition coefficient (Wildman–Crippen LogP) is 1.54. The smallest absolute Gasteiger partial charge is 0.449 e. The standard InChI is InChI=1S/C55H62F5N11O12/c1-31(65-43(73)23-33-15-18-62-19-16-33)49(78)66-32(2)50(79)68-40(26-42(61)72)52(81)67-39(51(80)64-21-20-63-44(74)29-71-45(75)13-14-46(71)76)17-22-70(47(77)30-83-53(82)55(58,59)60)48(54(3,4)5)41-24-35(37-25-36(56)11-12-38(37)57)28-69(41)27-34-9-7-6-8-10-34/h6-16,18-19,24-25,28,31-32,39-40,48H,17,20-23,26-27,29-30H2,1-5H3,(H2,61,72)(H,63,74)(H,64,80)(H,65,73)(H,66,78)(H,67,81)(H,68,79)/t31-,32-,39+,40+,48+/m1/s1. The van der Waals surface area contributed by atoms with Crippen LogP contribution in [0.1, 0.15) is 70.3 Å². The third kappa shape index (κ3) is 19.1. The highest BCUT2D eigenvalue weighted by Crippen LogP contribution is 2.41. The number of alkyl halides is 3. The number of imide groups is 1. The van der Waals surface area contributed by atoms with E-state index in [1.165, 1.54) is 38.5 Å². The quantitative estimate of drug-likeness (QED) is 0.0193. The maximum absolute atomic E-state index is 15.5. The van der Waals surface area contributed by atoms with Gasteiger partial charge in [-0.05, 0) is 73.2 Å². The summed E-state index contributed by atoms with van der Waals surface area (Å²) < 4.78 is 76.8. The minimum absolute atomic E-state index is 0.0157. The van der Waals surface area contributed by atoms with Gasteiger partial charge in [0.05, 0.1) is 18.9 Å². The third-order valence-electron chi connectivity index (χ3n) is 12.6. The molecule has 0 fully saturated rings. The number of hydrogen-bond donors (Lipinski definition) is 7. The van der Waals surface area contributed by atoms with E-state index in [2.05, 4.69) is 41.6 Å². The summed E-state index contributed by atoms with van der Waals surface area (Å²) in [5, 5.41) is 14.4. The fraction of sp³-hybridized carbons (Fsp3) is 0.382. The zero-order valence-electron chi connectivity index (χ0n) is 45.6. The van der Waals surface area contributed by atoms with Crippen molar-refractivity contribution in [3.05, 3.63) is 126 Å². The van der Waals surface area contributed by atoms with E-state index in [0.717, 1.165) is 35.3 Å². The first-order valence-corrected chi connectivity index (χ1v) is 25.7. The molecule has 0 aliphatic carbocycles. The Kier molecular flexibility index (Phi) is 22.4. The zero-order valence-corrected chi connectivity index (χ0v) is 45.6. The molecule has 23 nitrogen and oxygen atoms in total. The number of nitrogens with one attached hydrogen (secondary N) is 6. The average molecular weight is 1160 g/mol. The Hall–Kier alpha value is -9.37. The molecule has 8 N–H and O–H groups in total. The summed E-state index contributed by atoms with van der Waals surface area (Å²) in [4.78, 5) is 149. The Morgan fingerprint density at radius 1 is 0.723 bits per heavy atom. The highest BCUT2D eigenvalue weighted by atomic mass is 19.4. The first-order valence-electron chi connectivity index (χ1n) is 25.7. The van der Waals surface area contributed by atoms with E-state index in [9.17, 15) is 70.3 Å². The summed E-state index contributed by atoms with van der Waals surface area (Å²) in [7, 11) is 0. The van der Waals surface area contributed by atoms with E-state index >= 15 is 4.39 Å². The maximum Gasteiger partial charge on any atom is 0.490 e. The number of hydrogen-bond acceptors (Lipinski definition) is 13. The van der Waals surface area contributed by atoms with Gasteiger partial charge >= 0.3 is 12.1 Å². The number of benzene rings is 2. The van der Waals surface area contributed by atoms with Crippen molar-refractivity contribution < 1.29 is 79.4 Å². The number of halogens is 5. The predicted molar refractivity (Wildman–Crippen MR) is 284 cm³/mol. The normalized spacial score (nSPS) is 14.1. The molecule has 0 bridgehead atoms. The second kappa shape index (κ2) is 28.9. The molecule has 3 heterocycles. The molecule has 2 aromatic carbocycles. The van der Waals surface area contributed by atoms with Crippen molar-refractivity contribution in [1.82, 2.24) is 51.3 Å². The van der Waals surface area contributed by atoms with Gasteiger partial charge in [-0.1, -0.05) is 51.1 Å². The zero-order chi connectivity index (χ0) is 61.3. The number of esters is 1. The van der Waals surface area contributed by atoms with Crippen molar-refractivity contribution in [3.8, 4) is 11.1 Å². The van der Waals surface area contributed by atoms with Crippen molar-refractivity contribution in [3.63, 3.8) is 0 Å². The fourth-order valence-electron chi connectivity index (χ4n) is 8.56. The van der Waals surface area contributed by atoms with Gasteiger partial charge in [0.25, 0.3) is 17.7 Å². The third-order valence-corrected chi connectivity index (χ3v) is 12.6. The Morgan fingerprint density at radius 2 is 1.34 bits per heavy atom. The number of aromatic nitrogens is 2. The second-order valence-electron chi connectivity index (χ2n) is 20.2. The lowest BCUT2D eigenvalue weighted by Crippen LogP contribution is -2.58. The van der Waals surface area contributed by atoms with Gasteiger partial charge in [0.2, 0.25) is 41.4 Å². The van der Waals surface area contributed by atoms with Crippen LogP contribution in [0.5, 0.6) is 0 Å². The Bertz CT molecular complexity index is 3080. The molecule has 5 rings (SSSR count). The lowest BCUT2D eigenvalue weighted by atomic mass is 9.82. The SMILES string of the molecule is C[C@@H](NC(=O)Cc1ccncc1)C(=O)N[C@H](C)C(=O)N[C@@H](CC(N)=O)C(=O)N[C@@H](CCN(C(=O)COC(=O)C(F)(F)F)[C@@H](c1cc(-c2cc(F)ccc2F)cn1Cc1ccccc1)C(C)(C)C)C(=O)NCCNC(=O)CN1C(=O)C=CC1=O. The summed E-state index contributed by atoms with van der Waals surface area (Å²) in [6, 6.07) is 8.31. The van der Waals surface area contributed by atoms with E-state index in [-0.39, 0.29) is 36.3 Å². The molecule has 1 aliphatic rings. The Labute approximate surface area is 472 Å². The molecular formula is C55H62F5N11O12. The molecule has 83 heavy (non-hydrogen) atoms.